The van der Waals surface area contributed by atoms with E-state index in [2.05, 4.69) is 17.1 Å². The zero-order valence-corrected chi connectivity index (χ0v) is 11.0. The number of nitrogens with zero attached hydrogens (tertiary/aromatic N) is 2. The van der Waals surface area contributed by atoms with Gasteiger partial charge in [-0.1, -0.05) is 13.8 Å². The molecule has 1 aliphatic heterocycles. The fourth-order valence-corrected chi connectivity index (χ4v) is 1.80. The predicted molar refractivity (Wildman–Crippen MR) is 66.6 cm³/mol. The zero-order valence-electron chi connectivity index (χ0n) is 11.0. The second kappa shape index (κ2) is 6.59. The Kier molecular flexibility index (Phi) is 5.41. The van der Waals surface area contributed by atoms with Crippen molar-refractivity contribution in [3.63, 3.8) is 0 Å². The number of rotatable bonds is 3. The Morgan fingerprint density at radius 1 is 1.18 bits per heavy atom. The molecule has 1 aliphatic rings. The summed E-state index contributed by atoms with van der Waals surface area (Å²) >= 11 is 0. The van der Waals surface area contributed by atoms with Gasteiger partial charge in [0.15, 0.2) is 0 Å². The first kappa shape index (κ1) is 14.0. The lowest BCUT2D eigenvalue weighted by atomic mass is 10.2. The van der Waals surface area contributed by atoms with Gasteiger partial charge < -0.3 is 15.1 Å². The summed E-state index contributed by atoms with van der Waals surface area (Å²) in [5.41, 5.74) is 0. The molecule has 0 spiro atoms. The average molecular weight is 241 g/mol. The number of carbonyl (C=O) groups is 2. The van der Waals surface area contributed by atoms with Crippen molar-refractivity contribution in [1.29, 1.82) is 0 Å². The summed E-state index contributed by atoms with van der Waals surface area (Å²) in [5, 5.41) is 2.71. The lowest BCUT2D eigenvalue weighted by Gasteiger charge is -2.33. The quantitative estimate of drug-likeness (QED) is 0.711. The zero-order chi connectivity index (χ0) is 12.8. The van der Waals surface area contributed by atoms with Gasteiger partial charge in [0.25, 0.3) is 0 Å². The van der Waals surface area contributed by atoms with Crippen LogP contribution in [0, 0.1) is 0 Å². The number of likely N-dealkylation sites (N-methyl/N-ethyl adjacent to an activating group) is 1. The summed E-state index contributed by atoms with van der Waals surface area (Å²) in [7, 11) is 0. The van der Waals surface area contributed by atoms with Crippen LogP contribution >= 0.6 is 0 Å². The molecule has 98 valence electrons. The van der Waals surface area contributed by atoms with Crippen molar-refractivity contribution in [2.75, 3.05) is 32.7 Å². The molecule has 1 rings (SSSR count). The molecule has 1 N–H and O–H groups in total. The molecule has 2 amide bonds. The normalized spacial score (nSPS) is 18.9. The van der Waals surface area contributed by atoms with Gasteiger partial charge in [-0.2, -0.15) is 0 Å². The van der Waals surface area contributed by atoms with Crippen molar-refractivity contribution in [2.45, 2.75) is 33.2 Å². The van der Waals surface area contributed by atoms with Crippen LogP contribution in [0.5, 0.6) is 0 Å². The van der Waals surface area contributed by atoms with Crippen LogP contribution in [0.4, 0.5) is 0 Å². The van der Waals surface area contributed by atoms with Gasteiger partial charge in [-0.15, -0.1) is 0 Å². The Labute approximate surface area is 103 Å². The van der Waals surface area contributed by atoms with Crippen LogP contribution in [0.2, 0.25) is 0 Å². The monoisotopic (exact) mass is 241 g/mol. The number of hydrogen-bond donors (Lipinski definition) is 1. The third kappa shape index (κ3) is 4.00. The minimum Gasteiger partial charge on any atom is -0.345 e. The van der Waals surface area contributed by atoms with Crippen LogP contribution in [-0.2, 0) is 9.59 Å². The molecular weight excluding hydrogens is 218 g/mol. The van der Waals surface area contributed by atoms with E-state index in [1.54, 1.807) is 4.90 Å². The molecule has 1 atom stereocenters. The van der Waals surface area contributed by atoms with E-state index in [-0.39, 0.29) is 11.9 Å². The minimum absolute atomic E-state index is 0.0587. The van der Waals surface area contributed by atoms with Gasteiger partial charge in [0.2, 0.25) is 0 Å². The van der Waals surface area contributed by atoms with Gasteiger partial charge in [0.1, 0.15) is 0 Å². The molecule has 1 saturated heterocycles. The molecule has 17 heavy (non-hydrogen) atoms. The summed E-state index contributed by atoms with van der Waals surface area (Å²) in [6, 6.07) is 0.0587. The van der Waals surface area contributed by atoms with Crippen molar-refractivity contribution in [3.8, 4) is 0 Å². The SMILES string of the molecule is CCC(C)NC(=O)C(=O)N1CCN(CC)CC1. The van der Waals surface area contributed by atoms with E-state index in [1.807, 2.05) is 13.8 Å². The Morgan fingerprint density at radius 3 is 2.24 bits per heavy atom. The molecular formula is C12H23N3O2. The third-order valence-electron chi connectivity index (χ3n) is 3.29. The van der Waals surface area contributed by atoms with Gasteiger partial charge in [0.05, 0.1) is 0 Å². The lowest BCUT2D eigenvalue weighted by molar-refractivity contribution is -0.147. The second-order valence-corrected chi connectivity index (χ2v) is 4.51. The summed E-state index contributed by atoms with van der Waals surface area (Å²) in [4.78, 5) is 27.4. The highest BCUT2D eigenvalue weighted by Gasteiger charge is 2.25. The maximum Gasteiger partial charge on any atom is 0.311 e. The van der Waals surface area contributed by atoms with Crippen LogP contribution in [-0.4, -0.2) is 60.4 Å². The molecule has 1 unspecified atom stereocenters. The largest absolute Gasteiger partial charge is 0.345 e. The molecule has 1 fully saturated rings. The van der Waals surface area contributed by atoms with Crippen LogP contribution in [0.3, 0.4) is 0 Å². The smallest absolute Gasteiger partial charge is 0.311 e. The second-order valence-electron chi connectivity index (χ2n) is 4.51. The van der Waals surface area contributed by atoms with Crippen molar-refractivity contribution in [1.82, 2.24) is 15.1 Å². The number of amides is 2. The number of hydrogen-bond acceptors (Lipinski definition) is 3. The topological polar surface area (TPSA) is 52.7 Å². The third-order valence-corrected chi connectivity index (χ3v) is 3.29. The van der Waals surface area contributed by atoms with E-state index in [4.69, 9.17) is 0 Å². The maximum atomic E-state index is 11.8. The van der Waals surface area contributed by atoms with Crippen molar-refractivity contribution < 1.29 is 9.59 Å². The minimum atomic E-state index is -0.468. The Hall–Kier alpha value is -1.10. The Bertz CT molecular complexity index is 273. The first-order valence-electron chi connectivity index (χ1n) is 6.40. The van der Waals surface area contributed by atoms with E-state index in [0.717, 1.165) is 26.1 Å². The summed E-state index contributed by atoms with van der Waals surface area (Å²) in [5.74, 6) is -0.856. The first-order valence-corrected chi connectivity index (χ1v) is 6.40. The van der Waals surface area contributed by atoms with Crippen molar-refractivity contribution >= 4 is 11.8 Å². The number of carbonyl (C=O) groups excluding carboxylic acids is 2. The van der Waals surface area contributed by atoms with Crippen LogP contribution in [0.1, 0.15) is 27.2 Å². The van der Waals surface area contributed by atoms with Crippen molar-refractivity contribution in [3.05, 3.63) is 0 Å². The highest BCUT2D eigenvalue weighted by Crippen LogP contribution is 2.02. The number of nitrogens with one attached hydrogen (secondary N) is 1. The van der Waals surface area contributed by atoms with E-state index in [9.17, 15) is 9.59 Å². The molecule has 5 nitrogen and oxygen atoms in total. The van der Waals surface area contributed by atoms with Gasteiger partial charge in [-0.3, -0.25) is 9.59 Å². The van der Waals surface area contributed by atoms with Crippen molar-refractivity contribution in [2.24, 2.45) is 0 Å². The highest BCUT2D eigenvalue weighted by molar-refractivity contribution is 6.35. The van der Waals surface area contributed by atoms with Crippen LogP contribution < -0.4 is 5.32 Å². The Morgan fingerprint density at radius 2 is 1.76 bits per heavy atom. The Balaban J connectivity index is 2.40. The summed E-state index contributed by atoms with van der Waals surface area (Å²) in [6.45, 7) is 10.0. The lowest BCUT2D eigenvalue weighted by Crippen LogP contribution is -2.53. The van der Waals surface area contributed by atoms with E-state index < -0.39 is 5.91 Å². The fourth-order valence-electron chi connectivity index (χ4n) is 1.80. The first-order chi connectivity index (χ1) is 8.08. The summed E-state index contributed by atoms with van der Waals surface area (Å²) in [6.07, 6.45) is 0.836. The van der Waals surface area contributed by atoms with E-state index in [0.29, 0.717) is 13.1 Å². The standard InChI is InChI=1S/C12H23N3O2/c1-4-10(3)13-11(16)12(17)15-8-6-14(5-2)7-9-15/h10H,4-9H2,1-3H3,(H,13,16). The van der Waals surface area contributed by atoms with Gasteiger partial charge in [0, 0.05) is 32.2 Å². The molecule has 0 aliphatic carbocycles. The highest BCUT2D eigenvalue weighted by atomic mass is 16.2. The molecule has 1 heterocycles. The maximum absolute atomic E-state index is 11.8. The molecule has 0 saturated carbocycles. The molecule has 5 heteroatoms. The average Bonchev–Trinajstić information content (AvgIpc) is 2.37. The van der Waals surface area contributed by atoms with E-state index >= 15 is 0 Å². The van der Waals surface area contributed by atoms with Crippen LogP contribution in [0.15, 0.2) is 0 Å². The molecule has 0 aromatic heterocycles. The number of piperazine rings is 1. The fraction of sp³-hybridized carbons (Fsp3) is 0.833. The van der Waals surface area contributed by atoms with Crippen LogP contribution in [0.25, 0.3) is 0 Å². The molecule has 0 bridgehead atoms. The molecule has 0 aromatic rings. The summed E-state index contributed by atoms with van der Waals surface area (Å²) < 4.78 is 0. The molecule has 0 aromatic carbocycles. The van der Waals surface area contributed by atoms with Gasteiger partial charge >= 0.3 is 11.8 Å². The van der Waals surface area contributed by atoms with Gasteiger partial charge in [-0.25, -0.2) is 0 Å². The van der Waals surface area contributed by atoms with E-state index in [1.165, 1.54) is 0 Å². The predicted octanol–water partition coefficient (Wildman–Crippen LogP) is 0.0652. The van der Waals surface area contributed by atoms with Gasteiger partial charge in [-0.05, 0) is 19.9 Å². The molecule has 0 radical (unpaired) electrons.